The summed E-state index contributed by atoms with van der Waals surface area (Å²) in [5.41, 5.74) is 0.465. The molecule has 0 unspecified atom stereocenters. The Morgan fingerprint density at radius 1 is 1.47 bits per heavy atom. The molecule has 0 spiro atoms. The second-order valence-electron chi connectivity index (χ2n) is 3.79. The SMILES string of the molecule is CC(=O)Nc1ccc(SC(C)C)c([N+](=O)[O-])c1. The summed E-state index contributed by atoms with van der Waals surface area (Å²) in [4.78, 5) is 22.0. The number of nitrogens with zero attached hydrogens (tertiary/aromatic N) is 1. The van der Waals surface area contributed by atoms with Gasteiger partial charge in [-0.05, 0) is 12.1 Å². The molecular weight excluding hydrogens is 240 g/mol. The lowest BCUT2D eigenvalue weighted by molar-refractivity contribution is -0.387. The predicted octanol–water partition coefficient (Wildman–Crippen LogP) is 3.05. The van der Waals surface area contributed by atoms with Crippen molar-refractivity contribution in [2.24, 2.45) is 0 Å². The van der Waals surface area contributed by atoms with Gasteiger partial charge in [0.25, 0.3) is 5.69 Å². The Morgan fingerprint density at radius 2 is 2.12 bits per heavy atom. The highest BCUT2D eigenvalue weighted by atomic mass is 32.2. The molecule has 0 aromatic heterocycles. The molecule has 0 aliphatic rings. The summed E-state index contributed by atoms with van der Waals surface area (Å²) in [6.45, 7) is 5.30. The van der Waals surface area contributed by atoms with E-state index in [1.54, 1.807) is 12.1 Å². The number of carbonyl (C=O) groups is 1. The van der Waals surface area contributed by atoms with E-state index < -0.39 is 4.92 Å². The summed E-state index contributed by atoms with van der Waals surface area (Å²) in [5, 5.41) is 13.7. The molecule has 1 rings (SSSR count). The first-order chi connectivity index (χ1) is 7.90. The summed E-state index contributed by atoms with van der Waals surface area (Å²) in [6.07, 6.45) is 0. The zero-order chi connectivity index (χ0) is 13.0. The van der Waals surface area contributed by atoms with E-state index in [4.69, 9.17) is 0 Å². The molecule has 92 valence electrons. The quantitative estimate of drug-likeness (QED) is 0.509. The Labute approximate surface area is 104 Å². The van der Waals surface area contributed by atoms with Gasteiger partial charge >= 0.3 is 0 Å². The fourth-order valence-corrected chi connectivity index (χ4v) is 2.20. The highest BCUT2D eigenvalue weighted by Gasteiger charge is 2.16. The van der Waals surface area contributed by atoms with Gasteiger partial charge in [0, 0.05) is 23.9 Å². The molecule has 5 nitrogen and oxygen atoms in total. The molecule has 0 radical (unpaired) electrons. The van der Waals surface area contributed by atoms with Crippen LogP contribution in [-0.2, 0) is 4.79 Å². The molecule has 0 saturated heterocycles. The van der Waals surface area contributed by atoms with Crippen LogP contribution in [0, 0.1) is 10.1 Å². The second-order valence-corrected chi connectivity index (χ2v) is 5.41. The fraction of sp³-hybridized carbons (Fsp3) is 0.364. The minimum atomic E-state index is -0.434. The van der Waals surface area contributed by atoms with Crippen LogP contribution in [0.25, 0.3) is 0 Å². The van der Waals surface area contributed by atoms with Gasteiger partial charge in [-0.2, -0.15) is 0 Å². The molecule has 6 heteroatoms. The molecule has 0 heterocycles. The first-order valence-electron chi connectivity index (χ1n) is 5.13. The number of nitro benzene ring substituents is 1. The topological polar surface area (TPSA) is 72.2 Å². The lowest BCUT2D eigenvalue weighted by Crippen LogP contribution is -2.06. The van der Waals surface area contributed by atoms with Gasteiger partial charge in [0.1, 0.15) is 0 Å². The third kappa shape index (κ3) is 4.07. The van der Waals surface area contributed by atoms with Crippen molar-refractivity contribution in [1.82, 2.24) is 0 Å². The van der Waals surface area contributed by atoms with Gasteiger partial charge in [0.2, 0.25) is 5.91 Å². The predicted molar refractivity (Wildman–Crippen MR) is 68.4 cm³/mol. The molecule has 0 atom stereocenters. The molecule has 0 bridgehead atoms. The molecule has 1 N–H and O–H groups in total. The second kappa shape index (κ2) is 5.67. The van der Waals surface area contributed by atoms with Crippen molar-refractivity contribution >= 4 is 29.0 Å². The van der Waals surface area contributed by atoms with E-state index in [1.165, 1.54) is 24.8 Å². The maximum absolute atomic E-state index is 10.9. The lowest BCUT2D eigenvalue weighted by atomic mass is 10.3. The third-order valence-corrected chi connectivity index (χ3v) is 2.91. The number of nitro groups is 1. The molecule has 0 saturated carbocycles. The van der Waals surface area contributed by atoms with Gasteiger partial charge in [0.15, 0.2) is 0 Å². The van der Waals surface area contributed by atoms with Crippen LogP contribution in [0.4, 0.5) is 11.4 Å². The van der Waals surface area contributed by atoms with Crippen LogP contribution >= 0.6 is 11.8 Å². The Hall–Kier alpha value is -1.56. The van der Waals surface area contributed by atoms with Crippen LogP contribution in [0.2, 0.25) is 0 Å². The monoisotopic (exact) mass is 254 g/mol. The number of hydrogen-bond acceptors (Lipinski definition) is 4. The summed E-state index contributed by atoms with van der Waals surface area (Å²) in [5.74, 6) is -0.247. The van der Waals surface area contributed by atoms with E-state index in [-0.39, 0.29) is 16.8 Å². The van der Waals surface area contributed by atoms with E-state index >= 15 is 0 Å². The van der Waals surface area contributed by atoms with Crippen molar-refractivity contribution in [1.29, 1.82) is 0 Å². The van der Waals surface area contributed by atoms with Crippen molar-refractivity contribution in [3.8, 4) is 0 Å². The number of rotatable bonds is 4. The van der Waals surface area contributed by atoms with E-state index in [9.17, 15) is 14.9 Å². The zero-order valence-corrected chi connectivity index (χ0v) is 10.7. The number of anilines is 1. The summed E-state index contributed by atoms with van der Waals surface area (Å²) in [7, 11) is 0. The van der Waals surface area contributed by atoms with E-state index in [0.717, 1.165) is 0 Å². The normalized spacial score (nSPS) is 10.4. The van der Waals surface area contributed by atoms with Crippen LogP contribution in [0.3, 0.4) is 0 Å². The highest BCUT2D eigenvalue weighted by molar-refractivity contribution is 8.00. The number of benzene rings is 1. The summed E-state index contributed by atoms with van der Waals surface area (Å²) < 4.78 is 0. The number of thioether (sulfide) groups is 1. The van der Waals surface area contributed by atoms with Crippen molar-refractivity contribution < 1.29 is 9.72 Å². The van der Waals surface area contributed by atoms with Gasteiger partial charge in [-0.1, -0.05) is 13.8 Å². The minimum Gasteiger partial charge on any atom is -0.326 e. The standard InChI is InChI=1S/C11H14N2O3S/c1-7(2)17-11-5-4-9(12-8(3)14)6-10(11)13(15)16/h4-7H,1-3H3,(H,12,14). The fourth-order valence-electron chi connectivity index (χ4n) is 1.29. The molecule has 0 aliphatic heterocycles. The molecule has 0 aliphatic carbocycles. The largest absolute Gasteiger partial charge is 0.326 e. The number of amides is 1. The average molecular weight is 254 g/mol. The van der Waals surface area contributed by atoms with Gasteiger partial charge in [-0.15, -0.1) is 11.8 Å². The molecule has 0 fully saturated rings. The molecule has 17 heavy (non-hydrogen) atoms. The Kier molecular flexibility index (Phi) is 4.51. The molecule has 1 amide bonds. The van der Waals surface area contributed by atoms with E-state index in [2.05, 4.69) is 5.32 Å². The van der Waals surface area contributed by atoms with Gasteiger partial charge in [-0.3, -0.25) is 14.9 Å². The first-order valence-corrected chi connectivity index (χ1v) is 6.01. The van der Waals surface area contributed by atoms with Crippen molar-refractivity contribution in [3.05, 3.63) is 28.3 Å². The average Bonchev–Trinajstić information content (AvgIpc) is 2.18. The molecule has 1 aromatic carbocycles. The van der Waals surface area contributed by atoms with E-state index in [1.807, 2.05) is 13.8 Å². The third-order valence-electron chi connectivity index (χ3n) is 1.84. The van der Waals surface area contributed by atoms with E-state index in [0.29, 0.717) is 10.6 Å². The van der Waals surface area contributed by atoms with Crippen molar-refractivity contribution in [3.63, 3.8) is 0 Å². The van der Waals surface area contributed by atoms with Gasteiger partial charge in [-0.25, -0.2) is 0 Å². The number of nitrogens with one attached hydrogen (secondary N) is 1. The smallest absolute Gasteiger partial charge is 0.284 e. The minimum absolute atomic E-state index is 0.0231. The first kappa shape index (κ1) is 13.5. The Bertz CT molecular complexity index is 446. The highest BCUT2D eigenvalue weighted by Crippen LogP contribution is 2.33. The van der Waals surface area contributed by atoms with Gasteiger partial charge in [0.05, 0.1) is 9.82 Å². The Balaban J connectivity index is 3.08. The van der Waals surface area contributed by atoms with Gasteiger partial charge < -0.3 is 5.32 Å². The van der Waals surface area contributed by atoms with Crippen molar-refractivity contribution in [2.45, 2.75) is 30.9 Å². The van der Waals surface area contributed by atoms with Crippen LogP contribution in [0.5, 0.6) is 0 Å². The summed E-state index contributed by atoms with van der Waals surface area (Å²) >= 11 is 1.43. The summed E-state index contributed by atoms with van der Waals surface area (Å²) in [6, 6.07) is 4.71. The van der Waals surface area contributed by atoms with Crippen molar-refractivity contribution in [2.75, 3.05) is 5.32 Å². The maximum Gasteiger partial charge on any atom is 0.284 e. The molecular formula is C11H14N2O3S. The lowest BCUT2D eigenvalue weighted by Gasteiger charge is -2.07. The number of hydrogen-bond donors (Lipinski definition) is 1. The molecule has 1 aromatic rings. The Morgan fingerprint density at radius 3 is 2.59 bits per heavy atom. The van der Waals surface area contributed by atoms with Crippen LogP contribution in [0.1, 0.15) is 20.8 Å². The zero-order valence-electron chi connectivity index (χ0n) is 9.89. The van der Waals surface area contributed by atoms with Crippen LogP contribution < -0.4 is 5.32 Å². The van der Waals surface area contributed by atoms with Crippen LogP contribution in [-0.4, -0.2) is 16.1 Å². The maximum atomic E-state index is 10.9. The van der Waals surface area contributed by atoms with Crippen LogP contribution in [0.15, 0.2) is 23.1 Å². The number of carbonyl (C=O) groups excluding carboxylic acids is 1.